The lowest BCUT2D eigenvalue weighted by Gasteiger charge is -2.41. The highest BCUT2D eigenvalue weighted by Gasteiger charge is 2.38. The van der Waals surface area contributed by atoms with Crippen molar-refractivity contribution < 1.29 is 4.74 Å². The van der Waals surface area contributed by atoms with E-state index in [0.717, 1.165) is 19.5 Å². The summed E-state index contributed by atoms with van der Waals surface area (Å²) in [5.41, 5.74) is 0.121. The van der Waals surface area contributed by atoms with Crippen molar-refractivity contribution in [1.82, 2.24) is 5.32 Å². The highest BCUT2D eigenvalue weighted by atomic mass is 32.1. The molecule has 1 aliphatic heterocycles. The summed E-state index contributed by atoms with van der Waals surface area (Å²) in [5, 5.41) is 3.63. The Labute approximate surface area is 120 Å². The Hall–Kier alpha value is -0.380. The van der Waals surface area contributed by atoms with Gasteiger partial charge < -0.3 is 10.1 Å². The Kier molecular flexibility index (Phi) is 4.25. The van der Waals surface area contributed by atoms with Gasteiger partial charge in [0.1, 0.15) is 6.10 Å². The molecule has 1 N–H and O–H groups in total. The van der Waals surface area contributed by atoms with Crippen molar-refractivity contribution in [2.75, 3.05) is 13.1 Å². The number of aryl methyl sites for hydroxylation is 1. The largest absolute Gasteiger partial charge is 0.364 e. The molecule has 1 aromatic rings. The minimum atomic E-state index is 0.121. The highest BCUT2D eigenvalue weighted by Crippen LogP contribution is 2.38. The van der Waals surface area contributed by atoms with E-state index >= 15 is 0 Å². The molecule has 1 aromatic heterocycles. The Morgan fingerprint density at radius 2 is 2.05 bits per heavy atom. The lowest BCUT2D eigenvalue weighted by Crippen LogP contribution is -2.50. The molecule has 0 radical (unpaired) electrons. The zero-order chi connectivity index (χ0) is 13.1. The van der Waals surface area contributed by atoms with E-state index in [1.165, 1.54) is 48.3 Å². The molecule has 1 aliphatic carbocycles. The summed E-state index contributed by atoms with van der Waals surface area (Å²) >= 11 is 1.93. The van der Waals surface area contributed by atoms with Crippen LogP contribution in [0.3, 0.4) is 0 Å². The highest BCUT2D eigenvalue weighted by molar-refractivity contribution is 7.12. The summed E-state index contributed by atoms with van der Waals surface area (Å²) in [6.45, 7) is 4.25. The van der Waals surface area contributed by atoms with Crippen LogP contribution >= 0.6 is 11.3 Å². The van der Waals surface area contributed by atoms with Gasteiger partial charge in [-0.15, -0.1) is 11.3 Å². The molecule has 3 rings (SSSR count). The summed E-state index contributed by atoms with van der Waals surface area (Å²) in [4.78, 5) is 2.88. The molecule has 2 aliphatic rings. The fourth-order valence-corrected chi connectivity index (χ4v) is 4.38. The number of hydrogen-bond donors (Lipinski definition) is 1. The van der Waals surface area contributed by atoms with Crippen LogP contribution in [0, 0.1) is 0 Å². The number of ether oxygens (including phenoxy) is 1. The predicted octanol–water partition coefficient (Wildman–Crippen LogP) is 4.06. The molecule has 1 atom stereocenters. The van der Waals surface area contributed by atoms with Crippen LogP contribution in [0.4, 0.5) is 0 Å². The maximum Gasteiger partial charge on any atom is 0.105 e. The number of rotatable bonds is 2. The molecule has 2 nitrogen and oxygen atoms in total. The maximum absolute atomic E-state index is 6.59. The molecule has 0 bridgehead atoms. The molecule has 2 heterocycles. The smallest absolute Gasteiger partial charge is 0.105 e. The van der Waals surface area contributed by atoms with Crippen molar-refractivity contribution in [3.63, 3.8) is 0 Å². The van der Waals surface area contributed by atoms with E-state index < -0.39 is 0 Å². The molecule has 1 saturated heterocycles. The van der Waals surface area contributed by atoms with Crippen LogP contribution < -0.4 is 5.32 Å². The van der Waals surface area contributed by atoms with Crippen LogP contribution in [-0.2, 0) is 11.2 Å². The molecular weight excluding hydrogens is 254 g/mol. The number of hydrogen-bond acceptors (Lipinski definition) is 3. The quantitative estimate of drug-likeness (QED) is 0.881. The van der Waals surface area contributed by atoms with Gasteiger partial charge in [0.05, 0.1) is 5.60 Å². The first kappa shape index (κ1) is 13.6. The van der Waals surface area contributed by atoms with Crippen LogP contribution in [0.5, 0.6) is 0 Å². The van der Waals surface area contributed by atoms with E-state index in [1.807, 2.05) is 11.3 Å². The van der Waals surface area contributed by atoms with Crippen molar-refractivity contribution in [2.45, 2.75) is 63.6 Å². The van der Waals surface area contributed by atoms with Crippen molar-refractivity contribution in [2.24, 2.45) is 0 Å². The minimum absolute atomic E-state index is 0.121. The van der Waals surface area contributed by atoms with E-state index in [2.05, 4.69) is 24.4 Å². The molecule has 1 spiro atoms. The van der Waals surface area contributed by atoms with Gasteiger partial charge in [-0.25, -0.2) is 0 Å². The fourth-order valence-electron chi connectivity index (χ4n) is 3.40. The molecule has 3 heteroatoms. The number of thiophene rings is 1. The lowest BCUT2D eigenvalue weighted by atomic mass is 9.92. The Morgan fingerprint density at radius 3 is 2.74 bits per heavy atom. The zero-order valence-electron chi connectivity index (χ0n) is 11.9. The summed E-state index contributed by atoms with van der Waals surface area (Å²) in [6.07, 6.45) is 9.32. The van der Waals surface area contributed by atoms with Crippen LogP contribution in [0.1, 0.15) is 61.3 Å². The van der Waals surface area contributed by atoms with Gasteiger partial charge in [0.2, 0.25) is 0 Å². The first-order valence-corrected chi connectivity index (χ1v) is 8.60. The third kappa shape index (κ3) is 3.04. The van der Waals surface area contributed by atoms with E-state index in [9.17, 15) is 0 Å². The SMILES string of the molecule is CCc1ccc(C2CNCC3(CCCCCC3)O2)s1. The summed E-state index contributed by atoms with van der Waals surface area (Å²) in [6, 6.07) is 4.53. The van der Waals surface area contributed by atoms with E-state index in [0.29, 0.717) is 0 Å². The van der Waals surface area contributed by atoms with Crippen molar-refractivity contribution in [3.05, 3.63) is 21.9 Å². The third-order valence-electron chi connectivity index (χ3n) is 4.53. The van der Waals surface area contributed by atoms with E-state index in [4.69, 9.17) is 4.74 Å². The van der Waals surface area contributed by atoms with Gasteiger partial charge >= 0.3 is 0 Å². The predicted molar refractivity (Wildman–Crippen MR) is 80.8 cm³/mol. The Bertz CT molecular complexity index is 407. The van der Waals surface area contributed by atoms with Gasteiger partial charge in [0.25, 0.3) is 0 Å². The molecule has 19 heavy (non-hydrogen) atoms. The normalized spacial score (nSPS) is 27.3. The van der Waals surface area contributed by atoms with Crippen molar-refractivity contribution in [3.8, 4) is 0 Å². The third-order valence-corrected chi connectivity index (χ3v) is 5.85. The molecular formula is C16H25NOS. The molecule has 1 unspecified atom stereocenters. The molecule has 0 aromatic carbocycles. The Balaban J connectivity index is 1.73. The topological polar surface area (TPSA) is 21.3 Å². The average molecular weight is 279 g/mol. The van der Waals surface area contributed by atoms with Gasteiger partial charge in [0.15, 0.2) is 0 Å². The fraction of sp³-hybridized carbons (Fsp3) is 0.750. The summed E-state index contributed by atoms with van der Waals surface area (Å²) in [7, 11) is 0. The van der Waals surface area contributed by atoms with Gasteiger partial charge in [0, 0.05) is 22.8 Å². The maximum atomic E-state index is 6.59. The van der Waals surface area contributed by atoms with Crippen LogP contribution in [0.25, 0.3) is 0 Å². The van der Waals surface area contributed by atoms with Gasteiger partial charge in [-0.05, 0) is 31.4 Å². The molecule has 106 valence electrons. The second kappa shape index (κ2) is 5.94. The second-order valence-electron chi connectivity index (χ2n) is 5.99. The second-order valence-corrected chi connectivity index (χ2v) is 7.19. The van der Waals surface area contributed by atoms with E-state index in [1.54, 1.807) is 0 Å². The van der Waals surface area contributed by atoms with Crippen molar-refractivity contribution in [1.29, 1.82) is 0 Å². The van der Waals surface area contributed by atoms with Crippen molar-refractivity contribution >= 4 is 11.3 Å². The average Bonchev–Trinajstić information content (AvgIpc) is 2.82. The number of nitrogens with one attached hydrogen (secondary N) is 1. The minimum Gasteiger partial charge on any atom is -0.364 e. The van der Waals surface area contributed by atoms with Crippen LogP contribution in [0.2, 0.25) is 0 Å². The summed E-state index contributed by atoms with van der Waals surface area (Å²) in [5.74, 6) is 0. The first-order valence-electron chi connectivity index (χ1n) is 7.78. The standard InChI is InChI=1S/C16H25NOS/c1-2-13-7-8-15(19-13)14-11-17-12-16(18-14)9-5-3-4-6-10-16/h7-8,14,17H,2-6,9-12H2,1H3. The van der Waals surface area contributed by atoms with Gasteiger partial charge in [-0.3, -0.25) is 0 Å². The molecule has 2 fully saturated rings. The summed E-state index contributed by atoms with van der Waals surface area (Å²) < 4.78 is 6.59. The van der Waals surface area contributed by atoms with Gasteiger partial charge in [-0.1, -0.05) is 32.6 Å². The monoisotopic (exact) mass is 279 g/mol. The van der Waals surface area contributed by atoms with E-state index in [-0.39, 0.29) is 11.7 Å². The first-order chi connectivity index (χ1) is 9.31. The lowest BCUT2D eigenvalue weighted by molar-refractivity contribution is -0.124. The van der Waals surface area contributed by atoms with Crippen LogP contribution in [0.15, 0.2) is 12.1 Å². The van der Waals surface area contributed by atoms with Gasteiger partial charge in [-0.2, -0.15) is 0 Å². The zero-order valence-corrected chi connectivity index (χ0v) is 12.7. The number of morpholine rings is 1. The molecule has 1 saturated carbocycles. The Morgan fingerprint density at radius 1 is 1.26 bits per heavy atom. The molecule has 0 amide bonds. The van der Waals surface area contributed by atoms with Crippen LogP contribution in [-0.4, -0.2) is 18.7 Å².